The van der Waals surface area contributed by atoms with E-state index in [0.29, 0.717) is 17.8 Å². The summed E-state index contributed by atoms with van der Waals surface area (Å²) in [6, 6.07) is 5.48. The minimum atomic E-state index is -4.02. The molecule has 0 saturated heterocycles. The molecule has 4 rings (SSSR count). The molecule has 1 aromatic rings. The Morgan fingerprint density at radius 2 is 2.07 bits per heavy atom. The second-order valence-corrected chi connectivity index (χ2v) is 9.80. The highest BCUT2D eigenvalue weighted by atomic mass is 32.2. The number of aryl methyl sites for hydroxylation is 1. The van der Waals surface area contributed by atoms with Crippen LogP contribution < -0.4 is 9.32 Å². The monoisotopic (exact) mass is 420 g/mol. The standard InChI is InChI=1S/C21H28N2O5S/c1-21-11-10-16-15-7-5-14(28-29(22,25)26)12-13(15)4-6-17(16)18(21)8-9-19(21)20(24)23(2)27-3/h5,7,9,12,16-18H,4,6,8,10-11H2,1-3H3,(H2,22,25,26). The predicted molar refractivity (Wildman–Crippen MR) is 108 cm³/mol. The molecule has 0 bridgehead atoms. The SMILES string of the molecule is CON(C)C(=O)C1=CCC2C3CCc4cc(OS(N)(=O)=O)ccc4C3CCC12C. The Balaban J connectivity index is 1.59. The zero-order valence-corrected chi connectivity index (χ0v) is 17.9. The van der Waals surface area contributed by atoms with Gasteiger partial charge in [0.15, 0.2) is 0 Å². The average Bonchev–Trinajstić information content (AvgIpc) is 3.02. The van der Waals surface area contributed by atoms with E-state index in [1.54, 1.807) is 19.2 Å². The average molecular weight is 421 g/mol. The lowest BCUT2D eigenvalue weighted by Gasteiger charge is -2.50. The zero-order chi connectivity index (χ0) is 21.0. The van der Waals surface area contributed by atoms with Crippen LogP contribution in [0.25, 0.3) is 0 Å². The van der Waals surface area contributed by atoms with E-state index in [-0.39, 0.29) is 17.1 Å². The molecule has 158 valence electrons. The van der Waals surface area contributed by atoms with Crippen molar-refractivity contribution in [3.63, 3.8) is 0 Å². The summed E-state index contributed by atoms with van der Waals surface area (Å²) in [6.45, 7) is 2.23. The Bertz CT molecular complexity index is 973. The lowest BCUT2D eigenvalue weighted by molar-refractivity contribution is -0.165. The molecule has 3 aliphatic rings. The Morgan fingerprint density at radius 1 is 1.31 bits per heavy atom. The molecule has 0 radical (unpaired) electrons. The number of amides is 1. The summed E-state index contributed by atoms with van der Waals surface area (Å²) in [4.78, 5) is 17.9. The molecule has 1 aromatic carbocycles. The largest absolute Gasteiger partial charge is 0.380 e. The second kappa shape index (κ2) is 7.11. The Kier molecular flexibility index (Phi) is 4.99. The molecule has 1 amide bonds. The van der Waals surface area contributed by atoms with Crippen molar-refractivity contribution in [1.82, 2.24) is 5.06 Å². The van der Waals surface area contributed by atoms with Crippen LogP contribution in [0.5, 0.6) is 5.75 Å². The Morgan fingerprint density at radius 3 is 2.76 bits per heavy atom. The molecule has 3 aliphatic carbocycles. The fraction of sp³-hybridized carbons (Fsp3) is 0.571. The van der Waals surface area contributed by atoms with Crippen LogP contribution in [0.3, 0.4) is 0 Å². The highest BCUT2D eigenvalue weighted by Gasteiger charge is 2.53. The lowest BCUT2D eigenvalue weighted by Crippen LogP contribution is -2.44. The van der Waals surface area contributed by atoms with Crippen LogP contribution in [0.15, 0.2) is 29.8 Å². The van der Waals surface area contributed by atoms with Crippen molar-refractivity contribution in [2.45, 2.75) is 44.9 Å². The molecule has 0 aromatic heterocycles. The topological polar surface area (TPSA) is 98.9 Å². The van der Waals surface area contributed by atoms with Gasteiger partial charge >= 0.3 is 10.3 Å². The van der Waals surface area contributed by atoms with E-state index in [0.717, 1.165) is 43.2 Å². The molecule has 0 aliphatic heterocycles. The molecular weight excluding hydrogens is 392 g/mol. The fourth-order valence-electron chi connectivity index (χ4n) is 5.90. The Hall–Kier alpha value is -1.90. The molecule has 4 unspecified atom stereocenters. The highest BCUT2D eigenvalue weighted by Crippen LogP contribution is 2.61. The van der Waals surface area contributed by atoms with Gasteiger partial charge in [0.25, 0.3) is 5.91 Å². The van der Waals surface area contributed by atoms with Crippen LogP contribution in [0, 0.1) is 17.3 Å². The molecule has 0 spiro atoms. The van der Waals surface area contributed by atoms with Gasteiger partial charge in [0.05, 0.1) is 7.11 Å². The van der Waals surface area contributed by atoms with Gasteiger partial charge in [-0.3, -0.25) is 9.63 Å². The van der Waals surface area contributed by atoms with Gasteiger partial charge in [0, 0.05) is 18.0 Å². The van der Waals surface area contributed by atoms with Gasteiger partial charge in [0.1, 0.15) is 5.75 Å². The van der Waals surface area contributed by atoms with E-state index in [1.807, 2.05) is 6.07 Å². The lowest BCUT2D eigenvalue weighted by atomic mass is 9.54. The summed E-state index contributed by atoms with van der Waals surface area (Å²) in [7, 11) is -0.857. The number of benzene rings is 1. The molecule has 7 nitrogen and oxygen atoms in total. The van der Waals surface area contributed by atoms with Gasteiger partial charge < -0.3 is 4.18 Å². The fourth-order valence-corrected chi connectivity index (χ4v) is 6.27. The van der Waals surface area contributed by atoms with Crippen molar-refractivity contribution in [3.8, 4) is 5.75 Å². The van der Waals surface area contributed by atoms with E-state index in [2.05, 4.69) is 13.0 Å². The molecular formula is C21H28N2O5S. The van der Waals surface area contributed by atoms with Gasteiger partial charge in [-0.25, -0.2) is 5.06 Å². The molecule has 8 heteroatoms. The summed E-state index contributed by atoms with van der Waals surface area (Å²) >= 11 is 0. The summed E-state index contributed by atoms with van der Waals surface area (Å²) in [6.07, 6.45) is 6.87. The maximum atomic E-state index is 12.8. The third-order valence-electron chi connectivity index (χ3n) is 7.28. The van der Waals surface area contributed by atoms with E-state index in [1.165, 1.54) is 17.7 Å². The number of fused-ring (bicyclic) bond motifs is 5. The molecule has 1 fully saturated rings. The van der Waals surface area contributed by atoms with Crippen LogP contribution in [-0.2, 0) is 26.4 Å². The third-order valence-corrected chi connectivity index (χ3v) is 7.71. The zero-order valence-electron chi connectivity index (χ0n) is 17.1. The number of hydrogen-bond donors (Lipinski definition) is 1. The first-order valence-electron chi connectivity index (χ1n) is 10.0. The number of nitrogens with zero attached hydrogens (tertiary/aromatic N) is 1. The van der Waals surface area contributed by atoms with Gasteiger partial charge in [-0.2, -0.15) is 13.6 Å². The van der Waals surface area contributed by atoms with Crippen molar-refractivity contribution >= 4 is 16.2 Å². The maximum Gasteiger partial charge on any atom is 0.380 e. The van der Waals surface area contributed by atoms with Crippen LogP contribution in [-0.4, -0.2) is 33.5 Å². The number of likely N-dealkylation sites (N-methyl/N-ethyl adjacent to an activating group) is 1. The number of rotatable bonds is 4. The van der Waals surface area contributed by atoms with E-state index < -0.39 is 10.3 Å². The van der Waals surface area contributed by atoms with Crippen LogP contribution >= 0.6 is 0 Å². The smallest absolute Gasteiger partial charge is 0.371 e. The first-order valence-corrected chi connectivity index (χ1v) is 11.5. The molecule has 0 heterocycles. The number of carbonyl (C=O) groups excluding carboxylic acids is 1. The van der Waals surface area contributed by atoms with Crippen molar-refractivity contribution in [3.05, 3.63) is 41.0 Å². The predicted octanol–water partition coefficient (Wildman–Crippen LogP) is 2.68. The molecule has 4 atom stereocenters. The van der Waals surface area contributed by atoms with E-state index >= 15 is 0 Å². The minimum absolute atomic E-state index is 0.0445. The van der Waals surface area contributed by atoms with E-state index in [4.69, 9.17) is 14.2 Å². The van der Waals surface area contributed by atoms with Crippen molar-refractivity contribution < 1.29 is 22.2 Å². The highest BCUT2D eigenvalue weighted by molar-refractivity contribution is 7.84. The number of hydroxylamine groups is 2. The van der Waals surface area contributed by atoms with Crippen molar-refractivity contribution in [2.24, 2.45) is 22.4 Å². The summed E-state index contributed by atoms with van der Waals surface area (Å²) in [5.41, 5.74) is 3.17. The first-order chi connectivity index (χ1) is 13.6. The van der Waals surface area contributed by atoms with Gasteiger partial charge in [0.2, 0.25) is 0 Å². The quantitative estimate of drug-likeness (QED) is 0.755. The first kappa shape index (κ1) is 20.4. The number of hydrogen-bond acceptors (Lipinski definition) is 5. The number of nitrogens with two attached hydrogens (primary N) is 1. The van der Waals surface area contributed by atoms with E-state index in [9.17, 15) is 13.2 Å². The number of carbonyl (C=O) groups is 1. The summed E-state index contributed by atoms with van der Waals surface area (Å²) in [5, 5.41) is 6.31. The number of allylic oxidation sites excluding steroid dienone is 1. The summed E-state index contributed by atoms with van der Waals surface area (Å²) in [5.74, 6) is 1.57. The maximum absolute atomic E-state index is 12.8. The van der Waals surface area contributed by atoms with Crippen molar-refractivity contribution in [1.29, 1.82) is 0 Å². The molecule has 2 N–H and O–H groups in total. The van der Waals surface area contributed by atoms with Gasteiger partial charge in [-0.15, -0.1) is 0 Å². The molecule has 1 saturated carbocycles. The summed E-state index contributed by atoms with van der Waals surface area (Å²) < 4.78 is 27.3. The van der Waals surface area contributed by atoms with Crippen LogP contribution in [0.4, 0.5) is 0 Å². The van der Waals surface area contributed by atoms with Crippen molar-refractivity contribution in [2.75, 3.05) is 14.2 Å². The third kappa shape index (κ3) is 3.47. The van der Waals surface area contributed by atoms with Gasteiger partial charge in [-0.05, 0) is 73.1 Å². The second-order valence-electron chi connectivity index (χ2n) is 8.65. The molecule has 29 heavy (non-hydrogen) atoms. The van der Waals surface area contributed by atoms with Gasteiger partial charge in [-0.1, -0.05) is 19.1 Å². The van der Waals surface area contributed by atoms with Crippen LogP contribution in [0.2, 0.25) is 0 Å². The van der Waals surface area contributed by atoms with Crippen LogP contribution in [0.1, 0.15) is 49.7 Å². The minimum Gasteiger partial charge on any atom is -0.371 e. The Labute approximate surface area is 172 Å². The normalized spacial score (nSPS) is 30.6.